The molecule has 1 fully saturated rings. The number of hydrogen-bond donors (Lipinski definition) is 3. The van der Waals surface area contributed by atoms with Crippen LogP contribution in [0.5, 0.6) is 5.75 Å². The topological polar surface area (TPSA) is 78.4 Å². The van der Waals surface area contributed by atoms with E-state index in [1.807, 2.05) is 19.1 Å². The van der Waals surface area contributed by atoms with E-state index in [0.29, 0.717) is 25.7 Å². The number of aliphatic hydroxyl groups excluding tert-OH is 1. The van der Waals surface area contributed by atoms with Crippen LogP contribution >= 0.6 is 24.0 Å². The maximum absolute atomic E-state index is 10.1. The quantitative estimate of drug-likeness (QED) is 0.212. The van der Waals surface area contributed by atoms with Gasteiger partial charge in [-0.25, -0.2) is 0 Å². The fourth-order valence-electron chi connectivity index (χ4n) is 3.56. The predicted octanol–water partition coefficient (Wildman–Crippen LogP) is 3.04. The first-order valence-corrected chi connectivity index (χ1v) is 11.2. The fraction of sp³-hybridized carbons (Fsp3) is 0.696. The number of ether oxygens (including phenoxy) is 2. The van der Waals surface area contributed by atoms with Crippen molar-refractivity contribution in [3.8, 4) is 5.75 Å². The van der Waals surface area contributed by atoms with E-state index in [4.69, 9.17) is 9.47 Å². The van der Waals surface area contributed by atoms with Gasteiger partial charge in [-0.05, 0) is 56.5 Å². The molecule has 1 aliphatic rings. The third-order valence-electron chi connectivity index (χ3n) is 5.11. The maximum atomic E-state index is 10.1. The molecule has 1 aromatic rings. The van der Waals surface area contributed by atoms with Gasteiger partial charge in [0.1, 0.15) is 5.75 Å². The molecule has 3 N–H and O–H groups in total. The van der Waals surface area contributed by atoms with Crippen molar-refractivity contribution in [3.63, 3.8) is 0 Å². The van der Waals surface area contributed by atoms with Gasteiger partial charge >= 0.3 is 0 Å². The molecule has 1 heterocycles. The SMILES string of the molecule is CCNC(=NCC(O)COCC(C)C)NCC(c1ccc(OC)cc1)N1CCCC1.I. The lowest BCUT2D eigenvalue weighted by atomic mass is 10.1. The molecule has 0 aliphatic carbocycles. The first kappa shape index (κ1) is 27.9. The van der Waals surface area contributed by atoms with E-state index in [-0.39, 0.29) is 30.0 Å². The van der Waals surface area contributed by atoms with Crippen molar-refractivity contribution in [1.29, 1.82) is 0 Å². The van der Waals surface area contributed by atoms with Crippen LogP contribution < -0.4 is 15.4 Å². The summed E-state index contributed by atoms with van der Waals surface area (Å²) < 4.78 is 10.8. The fourth-order valence-corrected chi connectivity index (χ4v) is 3.56. The van der Waals surface area contributed by atoms with Gasteiger partial charge in [0.05, 0.1) is 32.4 Å². The highest BCUT2D eigenvalue weighted by atomic mass is 127. The number of aliphatic hydroxyl groups is 1. The molecular weight excluding hydrogens is 507 g/mol. The number of hydrogen-bond acceptors (Lipinski definition) is 5. The smallest absolute Gasteiger partial charge is 0.191 e. The van der Waals surface area contributed by atoms with Gasteiger partial charge in [0.2, 0.25) is 0 Å². The van der Waals surface area contributed by atoms with E-state index in [1.165, 1.54) is 18.4 Å². The van der Waals surface area contributed by atoms with Crippen LogP contribution in [0.15, 0.2) is 29.3 Å². The van der Waals surface area contributed by atoms with Gasteiger partial charge in [-0.2, -0.15) is 0 Å². The van der Waals surface area contributed by atoms with Crippen LogP contribution in [-0.2, 0) is 4.74 Å². The molecule has 0 radical (unpaired) electrons. The number of guanidine groups is 1. The number of aliphatic imine (C=N–C) groups is 1. The third kappa shape index (κ3) is 10.4. The summed E-state index contributed by atoms with van der Waals surface area (Å²) in [5.74, 6) is 2.05. The van der Waals surface area contributed by atoms with Crippen LogP contribution in [0.3, 0.4) is 0 Å². The molecule has 2 unspecified atom stereocenters. The second kappa shape index (κ2) is 15.7. The van der Waals surface area contributed by atoms with Crippen molar-refractivity contribution in [2.24, 2.45) is 10.9 Å². The molecule has 1 aromatic carbocycles. The zero-order valence-corrected chi connectivity index (χ0v) is 21.8. The van der Waals surface area contributed by atoms with Gasteiger partial charge in [-0.15, -0.1) is 24.0 Å². The Morgan fingerprint density at radius 3 is 2.39 bits per heavy atom. The minimum absolute atomic E-state index is 0. The first-order chi connectivity index (χ1) is 14.5. The maximum Gasteiger partial charge on any atom is 0.191 e. The molecule has 0 aromatic heterocycles. The molecule has 2 rings (SSSR count). The average molecular weight is 549 g/mol. The summed E-state index contributed by atoms with van der Waals surface area (Å²) in [6.45, 7) is 11.2. The Bertz CT molecular complexity index is 622. The molecule has 0 spiro atoms. The zero-order valence-electron chi connectivity index (χ0n) is 19.5. The average Bonchev–Trinajstić information content (AvgIpc) is 3.26. The molecule has 7 nitrogen and oxygen atoms in total. The van der Waals surface area contributed by atoms with Crippen LogP contribution in [0.25, 0.3) is 0 Å². The lowest BCUT2D eigenvalue weighted by Gasteiger charge is -2.29. The molecule has 2 atom stereocenters. The van der Waals surface area contributed by atoms with Gasteiger partial charge in [-0.1, -0.05) is 26.0 Å². The summed E-state index contributed by atoms with van der Waals surface area (Å²) in [5.41, 5.74) is 1.27. The van der Waals surface area contributed by atoms with Gasteiger partial charge in [-0.3, -0.25) is 9.89 Å². The van der Waals surface area contributed by atoms with Gasteiger partial charge < -0.3 is 25.2 Å². The number of nitrogens with one attached hydrogen (secondary N) is 2. The van der Waals surface area contributed by atoms with Crippen molar-refractivity contribution >= 4 is 29.9 Å². The summed E-state index contributed by atoms with van der Waals surface area (Å²) in [6, 6.07) is 8.59. The molecule has 0 saturated carbocycles. The summed E-state index contributed by atoms with van der Waals surface area (Å²) >= 11 is 0. The Hall–Kier alpha value is -1.10. The number of rotatable bonds is 12. The Labute approximate surface area is 205 Å². The lowest BCUT2D eigenvalue weighted by molar-refractivity contribution is 0.0301. The number of likely N-dealkylation sites (tertiary alicyclic amines) is 1. The highest BCUT2D eigenvalue weighted by molar-refractivity contribution is 14.0. The van der Waals surface area contributed by atoms with Crippen LogP contribution in [0.2, 0.25) is 0 Å². The van der Waals surface area contributed by atoms with Crippen LogP contribution in [0, 0.1) is 5.92 Å². The Morgan fingerprint density at radius 1 is 1.13 bits per heavy atom. The molecule has 0 amide bonds. The van der Waals surface area contributed by atoms with Crippen molar-refractivity contribution < 1.29 is 14.6 Å². The van der Waals surface area contributed by atoms with E-state index in [2.05, 4.69) is 46.5 Å². The molecule has 1 saturated heterocycles. The molecule has 31 heavy (non-hydrogen) atoms. The van der Waals surface area contributed by atoms with Gasteiger partial charge in [0, 0.05) is 19.7 Å². The minimum Gasteiger partial charge on any atom is -0.497 e. The summed E-state index contributed by atoms with van der Waals surface area (Å²) in [5, 5.41) is 16.9. The standard InChI is InChI=1S/C23H40N4O3.HI/c1-5-24-23(25-14-20(28)17-30-16-18(2)3)26-15-22(27-12-6-7-13-27)19-8-10-21(29-4)11-9-19;/h8-11,18,20,22,28H,5-7,12-17H2,1-4H3,(H2,24,25,26);1H. The van der Waals surface area contributed by atoms with E-state index in [9.17, 15) is 5.11 Å². The molecule has 8 heteroatoms. The number of nitrogens with zero attached hydrogens (tertiary/aromatic N) is 2. The highest BCUT2D eigenvalue weighted by Gasteiger charge is 2.23. The Balaban J connectivity index is 0.00000480. The first-order valence-electron chi connectivity index (χ1n) is 11.2. The Kier molecular flexibility index (Phi) is 14.1. The van der Waals surface area contributed by atoms with Crippen molar-refractivity contribution in [2.45, 2.75) is 45.8 Å². The zero-order chi connectivity index (χ0) is 21.8. The van der Waals surface area contributed by atoms with E-state index in [0.717, 1.165) is 37.9 Å². The number of halogens is 1. The van der Waals surface area contributed by atoms with E-state index < -0.39 is 6.10 Å². The Morgan fingerprint density at radius 2 is 1.81 bits per heavy atom. The molecular formula is C23H41IN4O3. The second-order valence-corrected chi connectivity index (χ2v) is 8.22. The van der Waals surface area contributed by atoms with Gasteiger partial charge in [0.25, 0.3) is 0 Å². The van der Waals surface area contributed by atoms with Crippen LogP contribution in [-0.4, -0.2) is 75.1 Å². The molecule has 1 aliphatic heterocycles. The number of methoxy groups -OCH3 is 1. The van der Waals surface area contributed by atoms with Crippen molar-refractivity contribution in [1.82, 2.24) is 15.5 Å². The lowest BCUT2D eigenvalue weighted by Crippen LogP contribution is -2.43. The van der Waals surface area contributed by atoms with E-state index in [1.54, 1.807) is 7.11 Å². The number of benzene rings is 1. The van der Waals surface area contributed by atoms with Crippen LogP contribution in [0.1, 0.15) is 45.2 Å². The third-order valence-corrected chi connectivity index (χ3v) is 5.11. The minimum atomic E-state index is -0.602. The van der Waals surface area contributed by atoms with E-state index >= 15 is 0 Å². The largest absolute Gasteiger partial charge is 0.497 e. The summed E-state index contributed by atoms with van der Waals surface area (Å²) in [6.07, 6.45) is 1.88. The van der Waals surface area contributed by atoms with Crippen LogP contribution in [0.4, 0.5) is 0 Å². The van der Waals surface area contributed by atoms with Gasteiger partial charge in [0.15, 0.2) is 5.96 Å². The predicted molar refractivity (Wildman–Crippen MR) is 138 cm³/mol. The summed E-state index contributed by atoms with van der Waals surface area (Å²) in [4.78, 5) is 7.08. The normalized spacial score (nSPS) is 16.6. The monoisotopic (exact) mass is 548 g/mol. The highest BCUT2D eigenvalue weighted by Crippen LogP contribution is 2.26. The molecule has 0 bridgehead atoms. The molecule has 178 valence electrons. The van der Waals surface area contributed by atoms with Crippen molar-refractivity contribution in [3.05, 3.63) is 29.8 Å². The van der Waals surface area contributed by atoms with Crippen molar-refractivity contribution in [2.75, 3.05) is 53.0 Å². The second-order valence-electron chi connectivity index (χ2n) is 8.22. The summed E-state index contributed by atoms with van der Waals surface area (Å²) in [7, 11) is 1.69.